The molecule has 0 spiro atoms. The van der Waals surface area contributed by atoms with Crippen LogP contribution in [0.3, 0.4) is 0 Å². The van der Waals surface area contributed by atoms with Gasteiger partial charge in [-0.25, -0.2) is 13.4 Å². The number of pyridine rings is 1. The van der Waals surface area contributed by atoms with Crippen molar-refractivity contribution in [3.8, 4) is 0 Å². The molecule has 0 saturated heterocycles. The van der Waals surface area contributed by atoms with Crippen LogP contribution >= 0.6 is 11.6 Å². The molecule has 0 unspecified atom stereocenters. The number of carbonyl (C=O) groups excluding carboxylic acids is 1. The van der Waals surface area contributed by atoms with E-state index in [9.17, 15) is 26.4 Å². The van der Waals surface area contributed by atoms with Crippen LogP contribution < -0.4 is 4.72 Å². The lowest BCUT2D eigenvalue weighted by Crippen LogP contribution is -2.18. The standard InChI is InChI=1S/C21H14ClF3N4O3S/c1-11-5-6-13(8-16(11)21(23,24)25)33(31,32)29-18-7-12(22)9-26-19(18)20(30)14-3-2-4-17-15(14)10-27-28-17/h2-10,29H,1H3,(H,27,28). The number of fused-ring (bicyclic) bond motifs is 1. The monoisotopic (exact) mass is 494 g/mol. The zero-order chi connectivity index (χ0) is 24.0. The number of H-pyrrole nitrogens is 1. The van der Waals surface area contributed by atoms with Crippen LogP contribution in [-0.4, -0.2) is 29.4 Å². The van der Waals surface area contributed by atoms with Crippen molar-refractivity contribution in [2.24, 2.45) is 0 Å². The molecule has 0 saturated carbocycles. The molecule has 4 aromatic rings. The first-order valence-electron chi connectivity index (χ1n) is 9.30. The number of nitrogens with one attached hydrogen (secondary N) is 2. The summed E-state index contributed by atoms with van der Waals surface area (Å²) in [5, 5.41) is 7.12. The molecular weight excluding hydrogens is 481 g/mol. The lowest BCUT2D eigenvalue weighted by Gasteiger charge is -2.15. The van der Waals surface area contributed by atoms with Crippen molar-refractivity contribution in [1.82, 2.24) is 15.2 Å². The number of aromatic amines is 1. The van der Waals surface area contributed by atoms with Gasteiger partial charge in [0.2, 0.25) is 5.78 Å². The van der Waals surface area contributed by atoms with Crippen molar-refractivity contribution in [2.45, 2.75) is 18.0 Å². The Morgan fingerprint density at radius 2 is 1.88 bits per heavy atom. The number of hydrogen-bond donors (Lipinski definition) is 2. The minimum Gasteiger partial charge on any atom is -0.287 e. The molecule has 4 rings (SSSR count). The molecule has 0 bridgehead atoms. The highest BCUT2D eigenvalue weighted by Crippen LogP contribution is 2.34. The van der Waals surface area contributed by atoms with Crippen molar-refractivity contribution in [3.05, 3.63) is 82.3 Å². The first-order chi connectivity index (χ1) is 15.5. The maximum absolute atomic E-state index is 13.3. The number of alkyl halides is 3. The highest BCUT2D eigenvalue weighted by molar-refractivity contribution is 7.92. The average molecular weight is 495 g/mol. The fourth-order valence-electron chi connectivity index (χ4n) is 3.27. The number of ketones is 1. The second-order valence-corrected chi connectivity index (χ2v) is 9.21. The van der Waals surface area contributed by atoms with Gasteiger partial charge < -0.3 is 0 Å². The molecule has 2 aromatic heterocycles. The highest BCUT2D eigenvalue weighted by atomic mass is 35.5. The number of halogens is 4. The lowest BCUT2D eigenvalue weighted by atomic mass is 10.0. The third-order valence-electron chi connectivity index (χ3n) is 4.87. The van der Waals surface area contributed by atoms with Crippen LogP contribution in [0.4, 0.5) is 18.9 Å². The summed E-state index contributed by atoms with van der Waals surface area (Å²) in [4.78, 5) is 16.6. The number of benzene rings is 2. The molecule has 0 atom stereocenters. The van der Waals surface area contributed by atoms with Gasteiger partial charge in [0, 0.05) is 17.1 Å². The first kappa shape index (κ1) is 22.7. The Bertz CT molecular complexity index is 1500. The normalized spacial score (nSPS) is 12.2. The van der Waals surface area contributed by atoms with Gasteiger partial charge in [-0.05, 0) is 36.8 Å². The molecule has 7 nitrogen and oxygen atoms in total. The van der Waals surface area contributed by atoms with Crippen molar-refractivity contribution in [2.75, 3.05) is 4.72 Å². The summed E-state index contributed by atoms with van der Waals surface area (Å²) in [6, 6.07) is 8.62. The summed E-state index contributed by atoms with van der Waals surface area (Å²) in [5.41, 5.74) is -0.989. The van der Waals surface area contributed by atoms with E-state index < -0.39 is 32.4 Å². The average Bonchev–Trinajstić information content (AvgIpc) is 3.21. The minimum absolute atomic E-state index is 0.0191. The Balaban J connectivity index is 1.78. The van der Waals surface area contributed by atoms with Crippen LogP contribution in [0, 0.1) is 6.92 Å². The molecule has 2 heterocycles. The summed E-state index contributed by atoms with van der Waals surface area (Å²) in [7, 11) is -4.52. The third kappa shape index (κ3) is 4.41. The summed E-state index contributed by atoms with van der Waals surface area (Å²) in [5.74, 6) is -0.628. The first-order valence-corrected chi connectivity index (χ1v) is 11.2. The van der Waals surface area contributed by atoms with E-state index in [0.29, 0.717) is 17.0 Å². The number of nitrogens with zero attached hydrogens (tertiary/aromatic N) is 2. The Morgan fingerprint density at radius 3 is 2.61 bits per heavy atom. The molecule has 0 amide bonds. The van der Waals surface area contributed by atoms with Crippen LogP contribution in [0.15, 0.2) is 59.8 Å². The number of anilines is 1. The lowest BCUT2D eigenvalue weighted by molar-refractivity contribution is -0.138. The molecule has 0 aliphatic rings. The predicted molar refractivity (Wildman–Crippen MR) is 116 cm³/mol. The molecule has 170 valence electrons. The van der Waals surface area contributed by atoms with E-state index in [1.807, 2.05) is 0 Å². The van der Waals surface area contributed by atoms with Gasteiger partial charge in [0.1, 0.15) is 5.69 Å². The largest absolute Gasteiger partial charge is 0.416 e. The number of aromatic nitrogens is 3. The SMILES string of the molecule is Cc1ccc(S(=O)(=O)Nc2cc(Cl)cnc2C(=O)c2cccc3[nH]ncc23)cc1C(F)(F)F. The second-order valence-electron chi connectivity index (χ2n) is 7.10. The second kappa shape index (κ2) is 8.16. The van der Waals surface area contributed by atoms with Crippen LogP contribution in [0.5, 0.6) is 0 Å². The smallest absolute Gasteiger partial charge is 0.287 e. The zero-order valence-electron chi connectivity index (χ0n) is 16.7. The van der Waals surface area contributed by atoms with E-state index in [1.54, 1.807) is 12.1 Å². The van der Waals surface area contributed by atoms with Crippen LogP contribution in [0.25, 0.3) is 10.9 Å². The summed E-state index contributed by atoms with van der Waals surface area (Å²) in [6.45, 7) is 1.22. The summed E-state index contributed by atoms with van der Waals surface area (Å²) < 4.78 is 67.7. The van der Waals surface area contributed by atoms with Gasteiger partial charge in [-0.3, -0.25) is 14.6 Å². The fraction of sp³-hybridized carbons (Fsp3) is 0.0952. The minimum atomic E-state index is -4.74. The predicted octanol–water partition coefficient (Wildman–Crippen LogP) is 4.97. The van der Waals surface area contributed by atoms with Gasteiger partial charge in [-0.1, -0.05) is 29.8 Å². The number of rotatable bonds is 5. The van der Waals surface area contributed by atoms with E-state index >= 15 is 0 Å². The van der Waals surface area contributed by atoms with Gasteiger partial charge >= 0.3 is 6.18 Å². The van der Waals surface area contributed by atoms with E-state index in [0.717, 1.165) is 24.4 Å². The van der Waals surface area contributed by atoms with E-state index in [-0.39, 0.29) is 27.5 Å². The molecule has 0 aliphatic carbocycles. The van der Waals surface area contributed by atoms with Crippen LogP contribution in [-0.2, 0) is 16.2 Å². The van der Waals surface area contributed by atoms with E-state index in [4.69, 9.17) is 11.6 Å². The Labute approximate surface area is 190 Å². The molecule has 33 heavy (non-hydrogen) atoms. The quantitative estimate of drug-likeness (QED) is 0.381. The maximum Gasteiger partial charge on any atom is 0.416 e. The third-order valence-corrected chi connectivity index (χ3v) is 6.44. The van der Waals surface area contributed by atoms with Crippen molar-refractivity contribution < 1.29 is 26.4 Å². The zero-order valence-corrected chi connectivity index (χ0v) is 18.3. The van der Waals surface area contributed by atoms with E-state index in [2.05, 4.69) is 19.9 Å². The molecular formula is C21H14ClF3N4O3S. The highest BCUT2D eigenvalue weighted by Gasteiger charge is 2.34. The summed E-state index contributed by atoms with van der Waals surface area (Å²) >= 11 is 5.95. The van der Waals surface area contributed by atoms with Gasteiger partial charge in [-0.15, -0.1) is 0 Å². The van der Waals surface area contributed by atoms with Crippen LogP contribution in [0.1, 0.15) is 27.2 Å². The topological polar surface area (TPSA) is 105 Å². The number of sulfonamides is 1. The van der Waals surface area contributed by atoms with Crippen molar-refractivity contribution in [1.29, 1.82) is 0 Å². The Hall–Kier alpha value is -3.44. The molecule has 2 N–H and O–H groups in total. The fourth-order valence-corrected chi connectivity index (χ4v) is 4.51. The maximum atomic E-state index is 13.3. The Kier molecular flexibility index (Phi) is 5.62. The summed E-state index contributed by atoms with van der Waals surface area (Å²) in [6.07, 6.45) is -2.14. The van der Waals surface area contributed by atoms with Gasteiger partial charge in [0.05, 0.1) is 32.9 Å². The van der Waals surface area contributed by atoms with E-state index in [1.165, 1.54) is 19.2 Å². The van der Waals surface area contributed by atoms with Crippen molar-refractivity contribution >= 4 is 44.0 Å². The van der Waals surface area contributed by atoms with Crippen molar-refractivity contribution in [3.63, 3.8) is 0 Å². The van der Waals surface area contributed by atoms with Gasteiger partial charge in [0.15, 0.2) is 0 Å². The molecule has 0 fully saturated rings. The molecule has 0 radical (unpaired) electrons. The molecule has 12 heteroatoms. The Morgan fingerprint density at radius 1 is 1.12 bits per heavy atom. The molecule has 2 aromatic carbocycles. The van der Waals surface area contributed by atoms with Gasteiger partial charge in [-0.2, -0.15) is 18.3 Å². The van der Waals surface area contributed by atoms with Crippen LogP contribution in [0.2, 0.25) is 5.02 Å². The molecule has 0 aliphatic heterocycles. The number of aryl methyl sites for hydroxylation is 1. The number of carbonyl (C=O) groups is 1. The number of hydrogen-bond acceptors (Lipinski definition) is 5. The van der Waals surface area contributed by atoms with Gasteiger partial charge in [0.25, 0.3) is 10.0 Å².